The number of pyridine rings is 1. The summed E-state index contributed by atoms with van der Waals surface area (Å²) < 4.78 is 0.977. The van der Waals surface area contributed by atoms with Gasteiger partial charge in [0.2, 0.25) is 5.91 Å². The van der Waals surface area contributed by atoms with Crippen LogP contribution in [0, 0.1) is 0 Å². The highest BCUT2D eigenvalue weighted by Crippen LogP contribution is 2.31. The first-order chi connectivity index (χ1) is 8.66. The minimum Gasteiger partial charge on any atom is -0.337 e. The van der Waals surface area contributed by atoms with E-state index in [9.17, 15) is 4.79 Å². The molecule has 0 bridgehead atoms. The Labute approximate surface area is 113 Å². The van der Waals surface area contributed by atoms with E-state index in [-0.39, 0.29) is 11.9 Å². The monoisotopic (exact) mass is 281 g/mol. The van der Waals surface area contributed by atoms with Crippen molar-refractivity contribution in [2.24, 2.45) is 5.73 Å². The molecular weight excluding hydrogens is 270 g/mol. The zero-order valence-corrected chi connectivity index (χ0v) is 11.2. The highest BCUT2D eigenvalue weighted by molar-refractivity contribution is 7.18. The lowest BCUT2D eigenvalue weighted by molar-refractivity contribution is -0.129. The molecule has 1 saturated heterocycles. The van der Waals surface area contributed by atoms with E-state index in [1.54, 1.807) is 22.4 Å². The number of fused-ring (bicyclic) bond motifs is 1. The molecule has 4 nitrogen and oxygen atoms in total. The van der Waals surface area contributed by atoms with Gasteiger partial charge >= 0.3 is 0 Å². The zero-order valence-electron chi connectivity index (χ0n) is 9.60. The Morgan fingerprint density at radius 1 is 1.61 bits per heavy atom. The average molecular weight is 282 g/mol. The molecule has 2 N–H and O–H groups in total. The third-order valence-corrected chi connectivity index (χ3v) is 4.68. The van der Waals surface area contributed by atoms with Gasteiger partial charge in [-0.15, -0.1) is 11.3 Å². The topological polar surface area (TPSA) is 59.2 Å². The Morgan fingerprint density at radius 3 is 3.17 bits per heavy atom. The first-order valence-electron chi connectivity index (χ1n) is 5.72. The summed E-state index contributed by atoms with van der Waals surface area (Å²) in [5.74, 6) is 0.0366. The molecule has 3 heterocycles. The van der Waals surface area contributed by atoms with E-state index in [1.807, 2.05) is 11.4 Å². The normalized spacial score (nSPS) is 20.0. The maximum absolute atomic E-state index is 11.8. The van der Waals surface area contributed by atoms with Crippen LogP contribution in [0.15, 0.2) is 17.6 Å². The number of halogens is 1. The maximum atomic E-state index is 11.8. The number of thiophene rings is 1. The van der Waals surface area contributed by atoms with E-state index >= 15 is 0 Å². The lowest BCUT2D eigenvalue weighted by atomic mass is 10.2. The van der Waals surface area contributed by atoms with Crippen molar-refractivity contribution in [1.29, 1.82) is 0 Å². The van der Waals surface area contributed by atoms with Crippen LogP contribution in [0.4, 0.5) is 0 Å². The van der Waals surface area contributed by atoms with Gasteiger partial charge in [0.25, 0.3) is 0 Å². The van der Waals surface area contributed by atoms with Crippen LogP contribution >= 0.6 is 22.9 Å². The third kappa shape index (κ3) is 1.88. The largest absolute Gasteiger partial charge is 0.337 e. The second kappa shape index (κ2) is 4.50. The number of nitrogens with two attached hydrogens (primary N) is 1. The van der Waals surface area contributed by atoms with Gasteiger partial charge in [0.1, 0.15) is 5.15 Å². The van der Waals surface area contributed by atoms with Crippen LogP contribution in [0.1, 0.15) is 12.0 Å². The molecule has 2 aromatic rings. The van der Waals surface area contributed by atoms with Crippen molar-refractivity contribution in [3.63, 3.8) is 0 Å². The lowest BCUT2D eigenvalue weighted by Gasteiger charge is -2.15. The molecule has 1 amide bonds. The Hall–Kier alpha value is -1.17. The van der Waals surface area contributed by atoms with Crippen LogP contribution in [0.3, 0.4) is 0 Å². The van der Waals surface area contributed by atoms with E-state index in [0.29, 0.717) is 11.7 Å². The zero-order chi connectivity index (χ0) is 12.7. The molecular formula is C12H12ClN3OS. The summed E-state index contributed by atoms with van der Waals surface area (Å²) in [7, 11) is 0. The molecule has 0 saturated carbocycles. The van der Waals surface area contributed by atoms with E-state index in [2.05, 4.69) is 4.98 Å². The number of hydrogen-bond acceptors (Lipinski definition) is 4. The van der Waals surface area contributed by atoms with Crippen molar-refractivity contribution in [3.05, 3.63) is 28.4 Å². The molecule has 3 rings (SSSR count). The standard InChI is InChI=1S/C12H12ClN3OS/c13-11-10-8(1-3-15-11)7(6-18-10)5-16-4-2-9(14)12(16)17/h1,3,6,9H,2,4-5,14H2/t9-/m0/s1. The summed E-state index contributed by atoms with van der Waals surface area (Å²) in [6, 6.07) is 1.60. The van der Waals surface area contributed by atoms with Crippen molar-refractivity contribution in [3.8, 4) is 0 Å². The molecule has 0 unspecified atom stereocenters. The van der Waals surface area contributed by atoms with Crippen LogP contribution < -0.4 is 5.73 Å². The van der Waals surface area contributed by atoms with Crippen molar-refractivity contribution >= 4 is 38.9 Å². The second-order valence-electron chi connectivity index (χ2n) is 4.39. The van der Waals surface area contributed by atoms with Gasteiger partial charge in [0.15, 0.2) is 0 Å². The highest BCUT2D eigenvalue weighted by atomic mass is 35.5. The molecule has 0 aromatic carbocycles. The van der Waals surface area contributed by atoms with Gasteiger partial charge < -0.3 is 10.6 Å². The predicted molar refractivity (Wildman–Crippen MR) is 72.6 cm³/mol. The molecule has 1 fully saturated rings. The van der Waals surface area contributed by atoms with E-state index in [4.69, 9.17) is 17.3 Å². The number of nitrogens with zero attached hydrogens (tertiary/aromatic N) is 2. The molecule has 1 aliphatic heterocycles. The SMILES string of the molecule is N[C@H]1CCN(Cc2csc3c(Cl)nccc23)C1=O. The number of aromatic nitrogens is 1. The number of rotatable bonds is 2. The molecule has 0 spiro atoms. The van der Waals surface area contributed by atoms with Gasteiger partial charge in [-0.25, -0.2) is 4.98 Å². The summed E-state index contributed by atoms with van der Waals surface area (Å²) >= 11 is 7.60. The van der Waals surface area contributed by atoms with Crippen molar-refractivity contribution in [1.82, 2.24) is 9.88 Å². The Morgan fingerprint density at radius 2 is 2.44 bits per heavy atom. The molecule has 1 atom stereocenters. The van der Waals surface area contributed by atoms with Gasteiger partial charge in [-0.1, -0.05) is 11.6 Å². The van der Waals surface area contributed by atoms with Crippen LogP contribution in [0.5, 0.6) is 0 Å². The van der Waals surface area contributed by atoms with Gasteiger partial charge in [-0.3, -0.25) is 4.79 Å². The molecule has 1 aliphatic rings. The van der Waals surface area contributed by atoms with Crippen molar-refractivity contribution < 1.29 is 4.79 Å². The Bertz CT molecular complexity index is 612. The smallest absolute Gasteiger partial charge is 0.239 e. The molecule has 94 valence electrons. The first kappa shape index (κ1) is 11.9. The number of hydrogen-bond donors (Lipinski definition) is 1. The molecule has 6 heteroatoms. The highest BCUT2D eigenvalue weighted by Gasteiger charge is 2.28. The van der Waals surface area contributed by atoms with Crippen molar-refractivity contribution in [2.45, 2.75) is 19.0 Å². The van der Waals surface area contributed by atoms with Crippen LogP contribution in [-0.4, -0.2) is 28.4 Å². The Kier molecular flexibility index (Phi) is 2.97. The fourth-order valence-corrected chi connectivity index (χ4v) is 3.46. The van der Waals surface area contributed by atoms with E-state index in [1.165, 1.54) is 0 Å². The van der Waals surface area contributed by atoms with E-state index in [0.717, 1.165) is 28.6 Å². The predicted octanol–water partition coefficient (Wildman–Crippen LogP) is 2.01. The summed E-state index contributed by atoms with van der Waals surface area (Å²) in [5, 5.41) is 3.64. The summed E-state index contributed by atoms with van der Waals surface area (Å²) in [6.45, 7) is 1.34. The number of carbonyl (C=O) groups is 1. The van der Waals surface area contributed by atoms with Gasteiger partial charge in [0.05, 0.1) is 10.7 Å². The number of carbonyl (C=O) groups excluding carboxylic acids is 1. The Balaban J connectivity index is 1.92. The number of likely N-dealkylation sites (tertiary alicyclic amines) is 1. The molecule has 2 aromatic heterocycles. The quantitative estimate of drug-likeness (QED) is 0.857. The summed E-state index contributed by atoms with van der Waals surface area (Å²) in [6.07, 6.45) is 2.43. The van der Waals surface area contributed by atoms with E-state index < -0.39 is 0 Å². The molecule has 18 heavy (non-hydrogen) atoms. The lowest BCUT2D eigenvalue weighted by Crippen LogP contribution is -2.33. The second-order valence-corrected chi connectivity index (χ2v) is 5.63. The van der Waals surface area contributed by atoms with Crippen LogP contribution in [0.25, 0.3) is 10.1 Å². The third-order valence-electron chi connectivity index (χ3n) is 3.23. The molecule has 0 radical (unpaired) electrons. The fourth-order valence-electron chi connectivity index (χ4n) is 2.23. The maximum Gasteiger partial charge on any atom is 0.239 e. The fraction of sp³-hybridized carbons (Fsp3) is 0.333. The summed E-state index contributed by atoms with van der Waals surface area (Å²) in [4.78, 5) is 17.7. The van der Waals surface area contributed by atoms with Gasteiger partial charge in [-0.05, 0) is 23.4 Å². The molecule has 0 aliphatic carbocycles. The first-order valence-corrected chi connectivity index (χ1v) is 6.97. The van der Waals surface area contributed by atoms with Gasteiger partial charge in [0, 0.05) is 24.7 Å². The van der Waals surface area contributed by atoms with Crippen molar-refractivity contribution in [2.75, 3.05) is 6.54 Å². The minimum absolute atomic E-state index is 0.0366. The summed E-state index contributed by atoms with van der Waals surface area (Å²) in [5.41, 5.74) is 6.83. The number of amides is 1. The average Bonchev–Trinajstić information content (AvgIpc) is 2.90. The van der Waals surface area contributed by atoms with Crippen LogP contribution in [0.2, 0.25) is 5.15 Å². The van der Waals surface area contributed by atoms with Crippen LogP contribution in [-0.2, 0) is 11.3 Å². The van der Waals surface area contributed by atoms with Gasteiger partial charge in [-0.2, -0.15) is 0 Å². The minimum atomic E-state index is -0.333.